The topological polar surface area (TPSA) is 72.0 Å². The summed E-state index contributed by atoms with van der Waals surface area (Å²) in [6.45, 7) is 0. The van der Waals surface area contributed by atoms with Gasteiger partial charge in [-0.3, -0.25) is 0 Å². The molecule has 1 heterocycles. The lowest BCUT2D eigenvalue weighted by atomic mass is 9.83. The van der Waals surface area contributed by atoms with E-state index in [-0.39, 0.29) is 17.6 Å². The zero-order valence-electron chi connectivity index (χ0n) is 7.45. The summed E-state index contributed by atoms with van der Waals surface area (Å²) in [6.07, 6.45) is 4.47. The highest BCUT2D eigenvalue weighted by atomic mass is 16.5. The van der Waals surface area contributed by atoms with Crippen molar-refractivity contribution in [2.24, 2.45) is 5.73 Å². The second-order valence-electron chi connectivity index (χ2n) is 3.68. The molecule has 2 rings (SSSR count). The van der Waals surface area contributed by atoms with Crippen molar-refractivity contribution >= 4 is 0 Å². The standard InChI is InChI=1S/C9H14N2O2/c10-7-4-2-1-3-6(7)8-5-9(12)13-11-8/h5-7,11H,1-4,10H2. The minimum Gasteiger partial charge on any atom is -0.339 e. The van der Waals surface area contributed by atoms with Gasteiger partial charge in [0, 0.05) is 18.0 Å². The fourth-order valence-electron chi connectivity index (χ4n) is 2.02. The minimum atomic E-state index is -0.312. The Labute approximate surface area is 76.1 Å². The normalized spacial score (nSPS) is 29.0. The van der Waals surface area contributed by atoms with Crippen LogP contribution in [-0.2, 0) is 0 Å². The van der Waals surface area contributed by atoms with Crippen molar-refractivity contribution in [1.82, 2.24) is 5.16 Å². The van der Waals surface area contributed by atoms with Gasteiger partial charge < -0.3 is 10.3 Å². The summed E-state index contributed by atoms with van der Waals surface area (Å²) in [5.74, 6) is 0.278. The Kier molecular flexibility index (Phi) is 2.22. The highest BCUT2D eigenvalue weighted by molar-refractivity contribution is 5.08. The van der Waals surface area contributed by atoms with Crippen molar-refractivity contribution in [3.8, 4) is 0 Å². The molecular formula is C9H14N2O2. The fraction of sp³-hybridized carbons (Fsp3) is 0.667. The predicted molar refractivity (Wildman–Crippen MR) is 48.5 cm³/mol. The molecule has 1 aromatic heterocycles. The lowest BCUT2D eigenvalue weighted by molar-refractivity contribution is 0.343. The number of aromatic amines is 1. The Balaban J connectivity index is 2.19. The zero-order valence-corrected chi connectivity index (χ0v) is 7.45. The molecule has 0 saturated heterocycles. The monoisotopic (exact) mass is 182 g/mol. The SMILES string of the molecule is NC1CCCCC1c1cc(=O)o[nH]1. The van der Waals surface area contributed by atoms with E-state index in [0.29, 0.717) is 0 Å². The molecule has 72 valence electrons. The van der Waals surface area contributed by atoms with Gasteiger partial charge in [-0.2, -0.15) is 0 Å². The average Bonchev–Trinajstić information content (AvgIpc) is 2.53. The van der Waals surface area contributed by atoms with E-state index < -0.39 is 0 Å². The molecule has 0 aromatic carbocycles. The molecule has 0 aliphatic heterocycles. The number of hydrogen-bond donors (Lipinski definition) is 2. The largest absolute Gasteiger partial charge is 0.357 e. The van der Waals surface area contributed by atoms with Gasteiger partial charge in [-0.1, -0.05) is 12.8 Å². The molecule has 3 N–H and O–H groups in total. The maximum Gasteiger partial charge on any atom is 0.357 e. The summed E-state index contributed by atoms with van der Waals surface area (Å²) in [4.78, 5) is 10.8. The van der Waals surface area contributed by atoms with Crippen LogP contribution in [0.1, 0.15) is 37.3 Å². The van der Waals surface area contributed by atoms with Crippen LogP contribution < -0.4 is 11.4 Å². The lowest BCUT2D eigenvalue weighted by Gasteiger charge is -2.26. The summed E-state index contributed by atoms with van der Waals surface area (Å²) in [5, 5.41) is 2.64. The molecule has 2 atom stereocenters. The molecular weight excluding hydrogens is 168 g/mol. The second-order valence-corrected chi connectivity index (χ2v) is 3.68. The molecule has 1 fully saturated rings. The predicted octanol–water partition coefficient (Wildman–Crippen LogP) is 0.953. The number of rotatable bonds is 1. The molecule has 1 saturated carbocycles. The molecule has 4 nitrogen and oxygen atoms in total. The lowest BCUT2D eigenvalue weighted by Crippen LogP contribution is -2.31. The molecule has 13 heavy (non-hydrogen) atoms. The maximum absolute atomic E-state index is 10.8. The van der Waals surface area contributed by atoms with Gasteiger partial charge in [0.15, 0.2) is 0 Å². The van der Waals surface area contributed by atoms with Crippen LogP contribution in [0.5, 0.6) is 0 Å². The highest BCUT2D eigenvalue weighted by Gasteiger charge is 2.24. The van der Waals surface area contributed by atoms with Gasteiger partial charge in [0.05, 0.1) is 5.69 Å². The van der Waals surface area contributed by atoms with Gasteiger partial charge in [0.25, 0.3) is 0 Å². The van der Waals surface area contributed by atoms with Crippen molar-refractivity contribution in [2.45, 2.75) is 37.6 Å². The van der Waals surface area contributed by atoms with E-state index in [1.54, 1.807) is 0 Å². The zero-order chi connectivity index (χ0) is 9.26. The Hall–Kier alpha value is -1.03. The molecule has 0 spiro atoms. The summed E-state index contributed by atoms with van der Waals surface area (Å²) >= 11 is 0. The third-order valence-corrected chi connectivity index (χ3v) is 2.76. The number of hydrogen-bond acceptors (Lipinski definition) is 3. The van der Waals surface area contributed by atoms with E-state index in [9.17, 15) is 4.79 Å². The van der Waals surface area contributed by atoms with E-state index in [1.807, 2.05) is 0 Å². The smallest absolute Gasteiger partial charge is 0.339 e. The van der Waals surface area contributed by atoms with Crippen LogP contribution in [0.2, 0.25) is 0 Å². The van der Waals surface area contributed by atoms with Crippen molar-refractivity contribution in [3.05, 3.63) is 22.2 Å². The Morgan fingerprint density at radius 1 is 1.46 bits per heavy atom. The molecule has 1 aliphatic carbocycles. The summed E-state index contributed by atoms with van der Waals surface area (Å²) in [5.41, 5.74) is 6.50. The quantitative estimate of drug-likeness (QED) is 0.679. The van der Waals surface area contributed by atoms with Crippen LogP contribution >= 0.6 is 0 Å². The van der Waals surface area contributed by atoms with Crippen LogP contribution in [0.25, 0.3) is 0 Å². The van der Waals surface area contributed by atoms with Crippen LogP contribution in [0, 0.1) is 0 Å². The maximum atomic E-state index is 10.8. The minimum absolute atomic E-state index is 0.169. The van der Waals surface area contributed by atoms with E-state index >= 15 is 0 Å². The number of nitrogens with two attached hydrogens (primary N) is 1. The summed E-state index contributed by atoms with van der Waals surface area (Å²) < 4.78 is 4.63. The van der Waals surface area contributed by atoms with Crippen molar-refractivity contribution in [1.29, 1.82) is 0 Å². The Bertz CT molecular complexity index is 328. The summed E-state index contributed by atoms with van der Waals surface area (Å²) in [7, 11) is 0. The first kappa shape index (κ1) is 8.56. The van der Waals surface area contributed by atoms with Gasteiger partial charge in [0.2, 0.25) is 0 Å². The van der Waals surface area contributed by atoms with Crippen LogP contribution in [0.4, 0.5) is 0 Å². The van der Waals surface area contributed by atoms with Gasteiger partial charge in [-0.25, -0.2) is 9.95 Å². The van der Waals surface area contributed by atoms with Gasteiger partial charge >= 0.3 is 5.63 Å². The van der Waals surface area contributed by atoms with E-state index in [1.165, 1.54) is 18.9 Å². The number of nitrogens with one attached hydrogen (secondary N) is 1. The average molecular weight is 182 g/mol. The first-order valence-electron chi connectivity index (χ1n) is 4.71. The molecule has 1 aliphatic rings. The first-order valence-corrected chi connectivity index (χ1v) is 4.71. The Morgan fingerprint density at radius 3 is 2.85 bits per heavy atom. The van der Waals surface area contributed by atoms with Crippen LogP contribution in [-0.4, -0.2) is 11.2 Å². The number of aromatic nitrogens is 1. The molecule has 0 amide bonds. The van der Waals surface area contributed by atoms with E-state index in [2.05, 4.69) is 9.68 Å². The summed E-state index contributed by atoms with van der Waals surface area (Å²) in [6, 6.07) is 1.68. The van der Waals surface area contributed by atoms with Gasteiger partial charge in [-0.05, 0) is 12.8 Å². The van der Waals surface area contributed by atoms with Crippen LogP contribution in [0.3, 0.4) is 0 Å². The van der Waals surface area contributed by atoms with E-state index in [4.69, 9.17) is 5.73 Å². The molecule has 2 unspecified atom stereocenters. The highest BCUT2D eigenvalue weighted by Crippen LogP contribution is 2.30. The number of H-pyrrole nitrogens is 1. The van der Waals surface area contributed by atoms with Crippen molar-refractivity contribution in [2.75, 3.05) is 0 Å². The van der Waals surface area contributed by atoms with Crippen molar-refractivity contribution in [3.63, 3.8) is 0 Å². The molecule has 0 bridgehead atoms. The second kappa shape index (κ2) is 3.38. The fourth-order valence-corrected chi connectivity index (χ4v) is 2.02. The van der Waals surface area contributed by atoms with Gasteiger partial charge in [-0.15, -0.1) is 0 Å². The molecule has 1 aromatic rings. The molecule has 4 heteroatoms. The third kappa shape index (κ3) is 1.67. The third-order valence-electron chi connectivity index (χ3n) is 2.76. The first-order chi connectivity index (χ1) is 6.27. The van der Waals surface area contributed by atoms with Crippen molar-refractivity contribution < 1.29 is 4.52 Å². The van der Waals surface area contributed by atoms with Crippen LogP contribution in [0.15, 0.2) is 15.4 Å². The van der Waals surface area contributed by atoms with E-state index in [0.717, 1.165) is 18.5 Å². The van der Waals surface area contributed by atoms with Gasteiger partial charge in [0.1, 0.15) is 0 Å². The molecule has 0 radical (unpaired) electrons. The Morgan fingerprint density at radius 2 is 2.23 bits per heavy atom.